The van der Waals surface area contributed by atoms with Gasteiger partial charge in [-0.15, -0.1) is 11.6 Å². The van der Waals surface area contributed by atoms with Gasteiger partial charge in [0.25, 0.3) is 0 Å². The summed E-state index contributed by atoms with van der Waals surface area (Å²) in [5.41, 5.74) is 0. The molecular weight excluding hydrogens is 488 g/mol. The minimum atomic E-state index is -0.261. The summed E-state index contributed by atoms with van der Waals surface area (Å²) in [7, 11) is 0. The van der Waals surface area contributed by atoms with E-state index >= 15 is 0 Å². The average molecular weight is 555 g/mol. The van der Waals surface area contributed by atoms with Gasteiger partial charge in [0.05, 0.1) is 0 Å². The molecule has 1 atom stereocenters. The molecule has 0 aliphatic rings. The van der Waals surface area contributed by atoms with Crippen LogP contribution in [-0.4, -0.2) is 17.4 Å². The zero-order valence-corrected chi connectivity index (χ0v) is 26.7. The lowest BCUT2D eigenvalue weighted by Gasteiger charge is -2.12. The summed E-state index contributed by atoms with van der Waals surface area (Å²) < 4.78 is 0. The van der Waals surface area contributed by atoms with Crippen molar-refractivity contribution in [1.29, 1.82) is 0 Å². The van der Waals surface area contributed by atoms with Crippen LogP contribution < -0.4 is 0 Å². The van der Waals surface area contributed by atoms with Crippen molar-refractivity contribution in [2.75, 3.05) is 5.88 Å². The van der Waals surface area contributed by atoms with Crippen molar-refractivity contribution in [2.24, 2.45) is 5.92 Å². The van der Waals surface area contributed by atoms with Crippen LogP contribution in [0.3, 0.4) is 0 Å². The topological polar surface area (TPSA) is 34.1 Å². The number of rotatable bonds is 32. The summed E-state index contributed by atoms with van der Waals surface area (Å²) in [6.45, 7) is 4.55. The Bertz CT molecular complexity index is 504. The predicted octanol–water partition coefficient (Wildman–Crippen LogP) is 12.3. The fraction of sp³-hybridized carbons (Fsp3) is 0.943. The predicted molar refractivity (Wildman–Crippen MR) is 169 cm³/mol. The first kappa shape index (κ1) is 37.6. The molecule has 0 spiro atoms. The van der Waals surface area contributed by atoms with Crippen molar-refractivity contribution in [2.45, 2.75) is 200 Å². The van der Waals surface area contributed by atoms with Gasteiger partial charge in [-0.25, -0.2) is 0 Å². The van der Waals surface area contributed by atoms with Gasteiger partial charge in [-0.1, -0.05) is 168 Å². The van der Waals surface area contributed by atoms with Crippen LogP contribution >= 0.6 is 11.6 Å². The van der Waals surface area contributed by atoms with Crippen molar-refractivity contribution in [3.63, 3.8) is 0 Å². The number of Topliss-reactive ketones (excluding diaryl/α,β-unsaturated/α-hetero) is 2. The van der Waals surface area contributed by atoms with Crippen LogP contribution in [0, 0.1) is 5.92 Å². The molecule has 0 fully saturated rings. The van der Waals surface area contributed by atoms with Crippen LogP contribution in [0.5, 0.6) is 0 Å². The van der Waals surface area contributed by atoms with Gasteiger partial charge in [0, 0.05) is 31.1 Å². The number of hydrogen-bond acceptors (Lipinski definition) is 2. The minimum Gasteiger partial charge on any atom is -0.300 e. The highest BCUT2D eigenvalue weighted by Crippen LogP contribution is 2.18. The Hall–Kier alpha value is -0.370. The van der Waals surface area contributed by atoms with Crippen LogP contribution in [0.15, 0.2) is 0 Å². The Morgan fingerprint density at radius 2 is 0.737 bits per heavy atom. The molecule has 1 unspecified atom stereocenters. The summed E-state index contributed by atoms with van der Waals surface area (Å²) in [4.78, 5) is 25.0. The second kappa shape index (κ2) is 31.2. The number of alkyl halides is 1. The van der Waals surface area contributed by atoms with Gasteiger partial charge < -0.3 is 0 Å². The number of carbonyl (C=O) groups is 2. The van der Waals surface area contributed by atoms with E-state index in [0.29, 0.717) is 25.1 Å². The number of halogens is 1. The van der Waals surface area contributed by atoms with Crippen LogP contribution in [-0.2, 0) is 9.59 Å². The molecule has 0 aliphatic carbocycles. The minimum absolute atomic E-state index is 0.210. The van der Waals surface area contributed by atoms with Crippen molar-refractivity contribution < 1.29 is 9.59 Å². The third kappa shape index (κ3) is 27.2. The zero-order valence-electron chi connectivity index (χ0n) is 26.0. The molecule has 0 aromatic rings. The second-order valence-corrected chi connectivity index (χ2v) is 12.4. The highest BCUT2D eigenvalue weighted by molar-refractivity contribution is 6.19. The normalized spacial score (nSPS) is 12.2. The quantitative estimate of drug-likeness (QED) is 0.0611. The fourth-order valence-corrected chi connectivity index (χ4v) is 5.77. The number of carbonyl (C=O) groups excluding carboxylic acids is 2. The van der Waals surface area contributed by atoms with Crippen molar-refractivity contribution in [3.8, 4) is 0 Å². The van der Waals surface area contributed by atoms with Crippen molar-refractivity contribution >= 4 is 23.2 Å². The number of ketones is 2. The second-order valence-electron chi connectivity index (χ2n) is 12.0. The SMILES string of the molecule is CCCCCCCCCCCCCCCC(=O)CC(CCl)C(=O)CCCCCCCCCCCCCCC. The third-order valence-corrected chi connectivity index (χ3v) is 8.57. The van der Waals surface area contributed by atoms with Crippen LogP contribution in [0.4, 0.5) is 0 Å². The molecule has 0 rings (SSSR count). The molecule has 0 saturated heterocycles. The summed E-state index contributed by atoms with van der Waals surface area (Å²) >= 11 is 6.08. The third-order valence-electron chi connectivity index (χ3n) is 8.20. The van der Waals surface area contributed by atoms with Crippen LogP contribution in [0.2, 0.25) is 0 Å². The maximum absolute atomic E-state index is 12.6. The molecule has 0 saturated carbocycles. The van der Waals surface area contributed by atoms with E-state index < -0.39 is 0 Å². The first-order chi connectivity index (χ1) is 18.7. The van der Waals surface area contributed by atoms with Gasteiger partial charge in [-0.05, 0) is 12.8 Å². The van der Waals surface area contributed by atoms with Gasteiger partial charge in [-0.3, -0.25) is 9.59 Å². The van der Waals surface area contributed by atoms with E-state index in [1.807, 2.05) is 0 Å². The summed E-state index contributed by atoms with van der Waals surface area (Å²) in [6, 6.07) is 0. The summed E-state index contributed by atoms with van der Waals surface area (Å²) in [5.74, 6) is 0.476. The van der Waals surface area contributed by atoms with Crippen molar-refractivity contribution in [1.82, 2.24) is 0 Å². The number of unbranched alkanes of at least 4 members (excludes halogenated alkanes) is 24. The molecule has 0 N–H and O–H groups in total. The molecule has 3 heteroatoms. The van der Waals surface area contributed by atoms with Crippen LogP contribution in [0.25, 0.3) is 0 Å². The van der Waals surface area contributed by atoms with E-state index in [-0.39, 0.29) is 17.5 Å². The Labute approximate surface area is 244 Å². The van der Waals surface area contributed by atoms with E-state index in [1.54, 1.807) is 0 Å². The Kier molecular flexibility index (Phi) is 30.9. The van der Waals surface area contributed by atoms with Crippen molar-refractivity contribution in [3.05, 3.63) is 0 Å². The first-order valence-electron chi connectivity index (χ1n) is 17.3. The van der Waals surface area contributed by atoms with E-state index in [1.165, 1.54) is 141 Å². The molecule has 0 radical (unpaired) electrons. The first-order valence-corrected chi connectivity index (χ1v) is 17.8. The van der Waals surface area contributed by atoms with E-state index in [2.05, 4.69) is 13.8 Å². The van der Waals surface area contributed by atoms with Gasteiger partial charge >= 0.3 is 0 Å². The molecule has 2 nitrogen and oxygen atoms in total. The van der Waals surface area contributed by atoms with E-state index in [9.17, 15) is 9.59 Å². The van der Waals surface area contributed by atoms with Gasteiger partial charge in [-0.2, -0.15) is 0 Å². The largest absolute Gasteiger partial charge is 0.300 e. The van der Waals surface area contributed by atoms with Gasteiger partial charge in [0.2, 0.25) is 0 Å². The Morgan fingerprint density at radius 1 is 0.447 bits per heavy atom. The zero-order chi connectivity index (χ0) is 27.9. The summed E-state index contributed by atoms with van der Waals surface area (Å²) in [5, 5.41) is 0. The molecule has 0 amide bonds. The molecule has 226 valence electrons. The Balaban J connectivity index is 3.56. The Morgan fingerprint density at radius 3 is 1.05 bits per heavy atom. The monoisotopic (exact) mass is 554 g/mol. The van der Waals surface area contributed by atoms with E-state index in [4.69, 9.17) is 11.6 Å². The number of hydrogen-bond donors (Lipinski definition) is 0. The van der Waals surface area contributed by atoms with Gasteiger partial charge in [0.1, 0.15) is 11.6 Å². The molecule has 0 heterocycles. The lowest BCUT2D eigenvalue weighted by Crippen LogP contribution is -2.20. The maximum atomic E-state index is 12.6. The molecule has 0 aromatic carbocycles. The van der Waals surface area contributed by atoms with Crippen LogP contribution in [0.1, 0.15) is 200 Å². The highest BCUT2D eigenvalue weighted by Gasteiger charge is 2.20. The fourth-order valence-electron chi connectivity index (χ4n) is 5.49. The molecule has 0 aromatic heterocycles. The molecule has 38 heavy (non-hydrogen) atoms. The lowest BCUT2D eigenvalue weighted by molar-refractivity contribution is -0.127. The van der Waals surface area contributed by atoms with E-state index in [0.717, 1.165) is 25.7 Å². The standard InChI is InChI=1S/C35H67ClO2/c1-3-5-7-9-11-13-15-17-19-21-23-25-27-29-34(37)31-33(32-36)35(38)30-28-26-24-22-20-18-16-14-12-10-8-6-4-2/h33H,3-32H2,1-2H3. The lowest BCUT2D eigenvalue weighted by atomic mass is 9.93. The highest BCUT2D eigenvalue weighted by atomic mass is 35.5. The maximum Gasteiger partial charge on any atom is 0.137 e. The van der Waals surface area contributed by atoms with Gasteiger partial charge in [0.15, 0.2) is 0 Å². The smallest absolute Gasteiger partial charge is 0.137 e. The molecular formula is C35H67ClO2. The molecule has 0 aliphatic heterocycles. The average Bonchev–Trinajstić information content (AvgIpc) is 2.92. The summed E-state index contributed by atoms with van der Waals surface area (Å²) in [6.07, 6.45) is 35.7. The molecule has 0 bridgehead atoms.